The molecule has 0 unspecified atom stereocenters. The highest BCUT2D eigenvalue weighted by Crippen LogP contribution is 2.23. The van der Waals surface area contributed by atoms with Gasteiger partial charge in [0.15, 0.2) is 5.78 Å². The molecule has 0 aliphatic rings. The zero-order valence-electron chi connectivity index (χ0n) is 9.69. The number of benzene rings is 2. The Bertz CT molecular complexity index is 754. The number of halogens is 2. The number of rotatable bonds is 2. The summed E-state index contributed by atoms with van der Waals surface area (Å²) in [6.45, 7) is 0. The predicted octanol–water partition coefficient (Wildman–Crippen LogP) is 3.94. The summed E-state index contributed by atoms with van der Waals surface area (Å²) in [5, 5.41) is 0.622. The molecular weight excluding hydrogens is 250 g/mol. The maximum absolute atomic E-state index is 13.1. The molecule has 3 aromatic rings. The summed E-state index contributed by atoms with van der Waals surface area (Å²) in [4.78, 5) is 12.2. The Labute approximate surface area is 107 Å². The van der Waals surface area contributed by atoms with Gasteiger partial charge in [-0.05, 0) is 18.2 Å². The third-order valence-electron chi connectivity index (χ3n) is 2.85. The topological polar surface area (TPSA) is 30.2 Å². The Morgan fingerprint density at radius 3 is 2.42 bits per heavy atom. The molecule has 0 saturated heterocycles. The standard InChI is InChI=1S/C15H8F2O2/c16-10-5-9(6-11(17)7-10)15(18)13-8-19-14-4-2-1-3-12(13)14/h1-8H. The van der Waals surface area contributed by atoms with Crippen LogP contribution in [0.2, 0.25) is 0 Å². The van der Waals surface area contributed by atoms with Crippen LogP contribution in [-0.4, -0.2) is 5.78 Å². The van der Waals surface area contributed by atoms with Gasteiger partial charge in [-0.25, -0.2) is 8.78 Å². The molecule has 1 heterocycles. The van der Waals surface area contributed by atoms with Gasteiger partial charge in [-0.1, -0.05) is 18.2 Å². The van der Waals surface area contributed by atoms with Gasteiger partial charge in [0, 0.05) is 17.0 Å². The van der Waals surface area contributed by atoms with E-state index in [1.807, 2.05) is 0 Å². The number of furan rings is 1. The van der Waals surface area contributed by atoms with Crippen molar-refractivity contribution in [3.63, 3.8) is 0 Å². The fraction of sp³-hybridized carbons (Fsp3) is 0. The monoisotopic (exact) mass is 258 g/mol. The van der Waals surface area contributed by atoms with Gasteiger partial charge in [0.1, 0.15) is 23.5 Å². The van der Waals surface area contributed by atoms with Crippen molar-refractivity contribution in [1.29, 1.82) is 0 Å². The second-order valence-corrected chi connectivity index (χ2v) is 4.13. The first-order chi connectivity index (χ1) is 9.15. The van der Waals surface area contributed by atoms with E-state index >= 15 is 0 Å². The van der Waals surface area contributed by atoms with E-state index in [1.165, 1.54) is 6.26 Å². The van der Waals surface area contributed by atoms with E-state index in [4.69, 9.17) is 4.42 Å². The third kappa shape index (κ3) is 2.01. The van der Waals surface area contributed by atoms with Gasteiger partial charge in [0.25, 0.3) is 0 Å². The minimum absolute atomic E-state index is 0.0379. The number of hydrogen-bond donors (Lipinski definition) is 0. The average molecular weight is 258 g/mol. The van der Waals surface area contributed by atoms with Crippen LogP contribution in [0.1, 0.15) is 15.9 Å². The lowest BCUT2D eigenvalue weighted by atomic mass is 10.0. The van der Waals surface area contributed by atoms with Gasteiger partial charge < -0.3 is 4.42 Å². The zero-order chi connectivity index (χ0) is 13.4. The number of carbonyl (C=O) groups is 1. The molecule has 0 atom stereocenters. The largest absolute Gasteiger partial charge is 0.464 e. The van der Waals surface area contributed by atoms with Gasteiger partial charge in [0.2, 0.25) is 0 Å². The van der Waals surface area contributed by atoms with Crippen molar-refractivity contribution in [3.05, 3.63) is 71.5 Å². The highest BCUT2D eigenvalue weighted by Gasteiger charge is 2.16. The Hall–Kier alpha value is -2.49. The highest BCUT2D eigenvalue weighted by molar-refractivity contribution is 6.15. The summed E-state index contributed by atoms with van der Waals surface area (Å²) in [6.07, 6.45) is 1.30. The SMILES string of the molecule is O=C(c1cc(F)cc(F)c1)c1coc2ccccc12. The van der Waals surface area contributed by atoms with E-state index in [9.17, 15) is 13.6 Å². The van der Waals surface area contributed by atoms with E-state index in [0.29, 0.717) is 16.5 Å². The van der Waals surface area contributed by atoms with E-state index in [2.05, 4.69) is 0 Å². The molecule has 0 fully saturated rings. The van der Waals surface area contributed by atoms with Crippen LogP contribution in [0.15, 0.2) is 53.1 Å². The Balaban J connectivity index is 2.13. The first-order valence-corrected chi connectivity index (χ1v) is 5.62. The lowest BCUT2D eigenvalue weighted by Gasteiger charge is -2.00. The molecule has 0 N–H and O–H groups in total. The molecule has 4 heteroatoms. The first kappa shape index (κ1) is 11.6. The van der Waals surface area contributed by atoms with Crippen molar-refractivity contribution in [2.24, 2.45) is 0 Å². The molecule has 2 nitrogen and oxygen atoms in total. The van der Waals surface area contributed by atoms with Crippen molar-refractivity contribution < 1.29 is 18.0 Å². The molecule has 2 aromatic carbocycles. The van der Waals surface area contributed by atoms with Crippen LogP contribution >= 0.6 is 0 Å². The van der Waals surface area contributed by atoms with Gasteiger partial charge in [-0.2, -0.15) is 0 Å². The van der Waals surface area contributed by atoms with Crippen molar-refractivity contribution in [2.75, 3.05) is 0 Å². The second kappa shape index (κ2) is 4.31. The van der Waals surface area contributed by atoms with Crippen LogP contribution in [-0.2, 0) is 0 Å². The fourth-order valence-corrected chi connectivity index (χ4v) is 1.99. The first-order valence-electron chi connectivity index (χ1n) is 5.62. The average Bonchev–Trinajstić information content (AvgIpc) is 2.80. The Kier molecular flexibility index (Phi) is 2.63. The van der Waals surface area contributed by atoms with Crippen LogP contribution < -0.4 is 0 Å². The molecular formula is C15H8F2O2. The Morgan fingerprint density at radius 2 is 1.68 bits per heavy atom. The molecule has 0 aliphatic carbocycles. The highest BCUT2D eigenvalue weighted by atomic mass is 19.1. The Morgan fingerprint density at radius 1 is 1.00 bits per heavy atom. The summed E-state index contributed by atoms with van der Waals surface area (Å²) in [7, 11) is 0. The number of carbonyl (C=O) groups excluding carboxylic acids is 1. The van der Waals surface area contributed by atoms with Gasteiger partial charge in [-0.3, -0.25) is 4.79 Å². The zero-order valence-corrected chi connectivity index (χ0v) is 9.69. The summed E-state index contributed by atoms with van der Waals surface area (Å²) in [5.41, 5.74) is 0.812. The van der Waals surface area contributed by atoms with Crippen molar-refractivity contribution in [2.45, 2.75) is 0 Å². The number of para-hydroxylation sites is 1. The van der Waals surface area contributed by atoms with Gasteiger partial charge >= 0.3 is 0 Å². The van der Waals surface area contributed by atoms with Gasteiger partial charge in [-0.15, -0.1) is 0 Å². The lowest BCUT2D eigenvalue weighted by Crippen LogP contribution is -2.01. The van der Waals surface area contributed by atoms with Crippen LogP contribution in [0, 0.1) is 11.6 Å². The fourth-order valence-electron chi connectivity index (χ4n) is 1.99. The smallest absolute Gasteiger partial charge is 0.197 e. The van der Waals surface area contributed by atoms with Gasteiger partial charge in [0.05, 0.1) is 5.56 Å². The molecule has 3 rings (SSSR count). The number of hydrogen-bond acceptors (Lipinski definition) is 2. The molecule has 0 bridgehead atoms. The summed E-state index contributed by atoms with van der Waals surface area (Å²) in [5.74, 6) is -2.03. The van der Waals surface area contributed by atoms with Crippen LogP contribution in [0.3, 0.4) is 0 Å². The minimum atomic E-state index is -0.781. The summed E-state index contributed by atoms with van der Waals surface area (Å²) in [6, 6.07) is 9.73. The molecule has 19 heavy (non-hydrogen) atoms. The van der Waals surface area contributed by atoms with E-state index in [-0.39, 0.29) is 5.56 Å². The van der Waals surface area contributed by atoms with Crippen LogP contribution in [0.5, 0.6) is 0 Å². The maximum Gasteiger partial charge on any atom is 0.197 e. The molecule has 0 aliphatic heterocycles. The maximum atomic E-state index is 13.1. The molecule has 0 amide bonds. The number of ketones is 1. The predicted molar refractivity (Wildman–Crippen MR) is 66.0 cm³/mol. The molecule has 0 spiro atoms. The minimum Gasteiger partial charge on any atom is -0.464 e. The summed E-state index contributed by atoms with van der Waals surface area (Å²) >= 11 is 0. The van der Waals surface area contributed by atoms with E-state index in [0.717, 1.165) is 18.2 Å². The van der Waals surface area contributed by atoms with E-state index in [1.54, 1.807) is 24.3 Å². The summed E-state index contributed by atoms with van der Waals surface area (Å²) < 4.78 is 31.5. The molecule has 1 aromatic heterocycles. The molecule has 0 radical (unpaired) electrons. The second-order valence-electron chi connectivity index (χ2n) is 4.13. The van der Waals surface area contributed by atoms with Crippen molar-refractivity contribution >= 4 is 16.8 Å². The van der Waals surface area contributed by atoms with Crippen molar-refractivity contribution in [3.8, 4) is 0 Å². The van der Waals surface area contributed by atoms with Crippen molar-refractivity contribution in [1.82, 2.24) is 0 Å². The normalized spacial score (nSPS) is 10.8. The van der Waals surface area contributed by atoms with E-state index < -0.39 is 17.4 Å². The number of fused-ring (bicyclic) bond motifs is 1. The quantitative estimate of drug-likeness (QED) is 0.652. The molecule has 0 saturated carbocycles. The third-order valence-corrected chi connectivity index (χ3v) is 2.85. The lowest BCUT2D eigenvalue weighted by molar-refractivity contribution is 0.103. The van der Waals surface area contributed by atoms with Crippen LogP contribution in [0.4, 0.5) is 8.78 Å². The molecule has 94 valence electrons. The van der Waals surface area contributed by atoms with Crippen LogP contribution in [0.25, 0.3) is 11.0 Å².